The van der Waals surface area contributed by atoms with E-state index in [0.29, 0.717) is 23.7 Å². The van der Waals surface area contributed by atoms with Gasteiger partial charge in [0.15, 0.2) is 22.9 Å². The fourth-order valence-electron chi connectivity index (χ4n) is 9.60. The predicted molar refractivity (Wildman–Crippen MR) is 134 cm³/mol. The molecule has 0 unspecified atom stereocenters. The number of fused-ring (bicyclic) bond motifs is 6. The number of aromatic nitrogens is 3. The SMILES string of the molecule is COC[C@]12CC[C@@](C)(O)C[C@@H]1CC[C@H]1[C@@H]3CC[C@H](C(=O)Cn4nc5ccc(F)c(F)c5n4)[C@@]3(C)CC[C@@H]12. The van der Waals surface area contributed by atoms with Crippen LogP contribution in [0.3, 0.4) is 0 Å². The first-order chi connectivity index (χ1) is 17.6. The average molecular weight is 516 g/mol. The van der Waals surface area contributed by atoms with Crippen molar-refractivity contribution in [3.63, 3.8) is 0 Å². The Morgan fingerprint density at radius 1 is 1.08 bits per heavy atom. The topological polar surface area (TPSA) is 77.2 Å². The van der Waals surface area contributed by atoms with Crippen molar-refractivity contribution in [2.45, 2.75) is 83.8 Å². The molecular weight excluding hydrogens is 476 g/mol. The summed E-state index contributed by atoms with van der Waals surface area (Å²) in [7, 11) is 1.81. The van der Waals surface area contributed by atoms with Crippen LogP contribution in [0.25, 0.3) is 11.0 Å². The molecule has 0 amide bonds. The van der Waals surface area contributed by atoms with E-state index in [9.17, 15) is 18.7 Å². The fourth-order valence-corrected chi connectivity index (χ4v) is 9.60. The van der Waals surface area contributed by atoms with Crippen LogP contribution in [0.5, 0.6) is 0 Å². The van der Waals surface area contributed by atoms with Crippen molar-refractivity contribution in [1.82, 2.24) is 15.0 Å². The van der Waals surface area contributed by atoms with E-state index in [1.54, 1.807) is 0 Å². The first kappa shape index (κ1) is 25.4. The van der Waals surface area contributed by atoms with Crippen LogP contribution in [-0.4, -0.2) is 45.2 Å². The molecule has 1 heterocycles. The Labute approximate surface area is 217 Å². The van der Waals surface area contributed by atoms with Gasteiger partial charge in [-0.25, -0.2) is 8.78 Å². The van der Waals surface area contributed by atoms with Crippen LogP contribution in [0.4, 0.5) is 8.78 Å². The number of hydrogen-bond acceptors (Lipinski definition) is 5. The maximum atomic E-state index is 14.1. The second-order valence-corrected chi connectivity index (χ2v) is 13.1. The fraction of sp³-hybridized carbons (Fsp3) is 0.759. The summed E-state index contributed by atoms with van der Waals surface area (Å²) in [5, 5.41) is 19.2. The normalized spacial score (nSPS) is 41.3. The summed E-state index contributed by atoms with van der Waals surface area (Å²) in [4.78, 5) is 14.9. The lowest BCUT2D eigenvalue weighted by molar-refractivity contribution is -0.175. The molecule has 0 spiro atoms. The quantitative estimate of drug-likeness (QED) is 0.584. The van der Waals surface area contributed by atoms with Gasteiger partial charge < -0.3 is 9.84 Å². The zero-order valence-corrected chi connectivity index (χ0v) is 22.2. The Balaban J connectivity index is 1.22. The van der Waals surface area contributed by atoms with E-state index in [1.165, 1.54) is 10.9 Å². The lowest BCUT2D eigenvalue weighted by Gasteiger charge is -2.62. The summed E-state index contributed by atoms with van der Waals surface area (Å²) in [6.07, 6.45) is 9.01. The summed E-state index contributed by atoms with van der Waals surface area (Å²) in [5.74, 6) is 0.178. The summed E-state index contributed by atoms with van der Waals surface area (Å²) < 4.78 is 33.6. The van der Waals surface area contributed by atoms with Gasteiger partial charge in [-0.2, -0.15) is 9.90 Å². The van der Waals surface area contributed by atoms with Crippen LogP contribution in [0.1, 0.15) is 71.6 Å². The molecule has 4 fully saturated rings. The highest BCUT2D eigenvalue weighted by Crippen LogP contribution is 2.68. The zero-order valence-electron chi connectivity index (χ0n) is 22.2. The maximum absolute atomic E-state index is 14.1. The van der Waals surface area contributed by atoms with Crippen LogP contribution >= 0.6 is 0 Å². The van der Waals surface area contributed by atoms with Crippen LogP contribution < -0.4 is 0 Å². The van der Waals surface area contributed by atoms with Crippen molar-refractivity contribution in [2.75, 3.05) is 13.7 Å². The van der Waals surface area contributed by atoms with E-state index >= 15 is 0 Å². The Kier molecular flexibility index (Phi) is 6.03. The van der Waals surface area contributed by atoms with Gasteiger partial charge >= 0.3 is 0 Å². The van der Waals surface area contributed by atoms with E-state index in [-0.39, 0.29) is 40.1 Å². The third kappa shape index (κ3) is 3.88. The van der Waals surface area contributed by atoms with Gasteiger partial charge in [0.2, 0.25) is 0 Å². The number of carbonyl (C=O) groups is 1. The van der Waals surface area contributed by atoms with Gasteiger partial charge in [0, 0.05) is 13.0 Å². The van der Waals surface area contributed by atoms with E-state index in [1.807, 2.05) is 14.0 Å². The average Bonchev–Trinajstić information content (AvgIpc) is 3.42. The molecule has 202 valence electrons. The Bertz CT molecular complexity index is 1210. The highest BCUT2D eigenvalue weighted by molar-refractivity contribution is 5.82. The van der Waals surface area contributed by atoms with E-state index in [0.717, 1.165) is 70.5 Å². The largest absolute Gasteiger partial charge is 0.390 e. The molecule has 2 aromatic rings. The molecule has 1 aromatic heterocycles. The lowest BCUT2D eigenvalue weighted by atomic mass is 9.43. The first-order valence-electron chi connectivity index (χ1n) is 14.0. The van der Waals surface area contributed by atoms with Gasteiger partial charge in [-0.15, -0.1) is 5.10 Å². The molecular formula is C29H39F2N3O3. The molecule has 0 bridgehead atoms. The first-order valence-corrected chi connectivity index (χ1v) is 14.0. The van der Waals surface area contributed by atoms with Crippen molar-refractivity contribution in [3.05, 3.63) is 23.8 Å². The molecule has 0 aliphatic heterocycles. The molecule has 4 saturated carbocycles. The van der Waals surface area contributed by atoms with Crippen LogP contribution in [0.15, 0.2) is 12.1 Å². The van der Waals surface area contributed by atoms with E-state index in [4.69, 9.17) is 4.74 Å². The molecule has 1 N–H and O–H groups in total. The van der Waals surface area contributed by atoms with Crippen molar-refractivity contribution in [1.29, 1.82) is 0 Å². The third-order valence-corrected chi connectivity index (χ3v) is 11.2. The molecule has 8 heteroatoms. The number of rotatable bonds is 5. The molecule has 0 saturated heterocycles. The molecule has 0 radical (unpaired) electrons. The van der Waals surface area contributed by atoms with Crippen molar-refractivity contribution in [3.8, 4) is 0 Å². The monoisotopic (exact) mass is 515 g/mol. The van der Waals surface area contributed by atoms with Gasteiger partial charge in [0.1, 0.15) is 12.1 Å². The summed E-state index contributed by atoms with van der Waals surface area (Å²) in [6.45, 7) is 5.05. The molecule has 1 aromatic carbocycles. The van der Waals surface area contributed by atoms with Gasteiger partial charge in [0.25, 0.3) is 0 Å². The maximum Gasteiger partial charge on any atom is 0.188 e. The Morgan fingerprint density at radius 2 is 1.89 bits per heavy atom. The molecule has 6 rings (SSSR count). The molecule has 37 heavy (non-hydrogen) atoms. The minimum Gasteiger partial charge on any atom is -0.390 e. The van der Waals surface area contributed by atoms with E-state index < -0.39 is 17.2 Å². The number of aliphatic hydroxyl groups is 1. The highest BCUT2D eigenvalue weighted by atomic mass is 19.2. The zero-order chi connectivity index (χ0) is 26.2. The highest BCUT2D eigenvalue weighted by Gasteiger charge is 2.63. The second-order valence-electron chi connectivity index (χ2n) is 13.1. The number of carbonyl (C=O) groups excluding carboxylic acids is 1. The number of ketones is 1. The summed E-state index contributed by atoms with van der Waals surface area (Å²) in [6, 6.07) is 2.44. The third-order valence-electron chi connectivity index (χ3n) is 11.2. The molecule has 8 atom stereocenters. The minimum absolute atomic E-state index is 0.0123. The number of hydrogen-bond donors (Lipinski definition) is 1. The second kappa shape index (κ2) is 8.80. The van der Waals surface area contributed by atoms with Crippen LogP contribution in [0.2, 0.25) is 0 Å². The number of halogens is 2. The van der Waals surface area contributed by atoms with Gasteiger partial charge in [-0.1, -0.05) is 6.92 Å². The lowest BCUT2D eigenvalue weighted by Crippen LogP contribution is -2.58. The Hall–Kier alpha value is -1.93. The van der Waals surface area contributed by atoms with Crippen molar-refractivity contribution < 1.29 is 23.4 Å². The molecule has 4 aliphatic carbocycles. The number of benzene rings is 1. The number of ether oxygens (including phenoxy) is 1. The molecule has 4 aliphatic rings. The van der Waals surface area contributed by atoms with Gasteiger partial charge in [-0.05, 0) is 111 Å². The van der Waals surface area contributed by atoms with Crippen molar-refractivity contribution in [2.24, 2.45) is 40.4 Å². The van der Waals surface area contributed by atoms with Crippen LogP contribution in [-0.2, 0) is 16.1 Å². The number of Topliss-reactive ketones (excluding diaryl/α,β-unsaturated/α-hetero) is 1. The van der Waals surface area contributed by atoms with Crippen LogP contribution in [0, 0.1) is 52.1 Å². The van der Waals surface area contributed by atoms with Gasteiger partial charge in [-0.3, -0.25) is 4.79 Å². The number of nitrogens with zero attached hydrogens (tertiary/aromatic N) is 3. The van der Waals surface area contributed by atoms with E-state index in [2.05, 4.69) is 17.1 Å². The standard InChI is InChI=1S/C29H39F2N3O3/c1-27(36)12-13-29(16-37-3)17(14-27)4-5-18-19-6-7-21(28(19,2)11-10-20(18)29)24(35)15-34-32-23-9-8-22(30)25(31)26(23)33-34/h8-9,17-21,36H,4-7,10-16H2,1-3H3/t17-,18-,19-,20-,21+,27+,28-,29+/m0/s1. The number of methoxy groups -OCH3 is 1. The van der Waals surface area contributed by atoms with Gasteiger partial charge in [0.05, 0.1) is 12.2 Å². The summed E-state index contributed by atoms with van der Waals surface area (Å²) >= 11 is 0. The predicted octanol–water partition coefficient (Wildman–Crippen LogP) is 5.32. The Morgan fingerprint density at radius 3 is 2.68 bits per heavy atom. The molecule has 6 nitrogen and oxygen atoms in total. The smallest absolute Gasteiger partial charge is 0.188 e. The van der Waals surface area contributed by atoms with Crippen molar-refractivity contribution >= 4 is 16.8 Å². The minimum atomic E-state index is -1.02. The summed E-state index contributed by atoms with van der Waals surface area (Å²) in [5.41, 5.74) is -0.390.